The number of nitrogens with one attached hydrogen (secondary N) is 2. The SMILES string of the molecule is COC1CCN(C2(CNC(=O)CC3COCCN3)CCCC2)CC1. The summed E-state index contributed by atoms with van der Waals surface area (Å²) in [5, 5.41) is 6.58. The molecule has 24 heavy (non-hydrogen) atoms. The quantitative estimate of drug-likeness (QED) is 0.753. The molecule has 1 unspecified atom stereocenters. The average Bonchev–Trinajstić information content (AvgIpc) is 3.11. The Morgan fingerprint density at radius 3 is 2.71 bits per heavy atom. The van der Waals surface area contributed by atoms with E-state index in [0.29, 0.717) is 19.1 Å². The van der Waals surface area contributed by atoms with Crippen LogP contribution in [0, 0.1) is 0 Å². The second-order valence-corrected chi connectivity index (χ2v) is 7.56. The van der Waals surface area contributed by atoms with E-state index < -0.39 is 0 Å². The van der Waals surface area contributed by atoms with Gasteiger partial charge in [0, 0.05) is 51.3 Å². The largest absolute Gasteiger partial charge is 0.381 e. The van der Waals surface area contributed by atoms with Gasteiger partial charge in [-0.2, -0.15) is 0 Å². The van der Waals surface area contributed by atoms with Gasteiger partial charge in [-0.1, -0.05) is 12.8 Å². The number of hydrogen-bond donors (Lipinski definition) is 2. The lowest BCUT2D eigenvalue weighted by molar-refractivity contribution is -0.123. The Labute approximate surface area is 145 Å². The Hall–Kier alpha value is -0.690. The lowest BCUT2D eigenvalue weighted by Gasteiger charge is -2.45. The molecule has 1 aliphatic carbocycles. The van der Waals surface area contributed by atoms with E-state index in [1.54, 1.807) is 0 Å². The first-order valence-corrected chi connectivity index (χ1v) is 9.57. The molecule has 0 aromatic carbocycles. The molecule has 6 heteroatoms. The summed E-state index contributed by atoms with van der Waals surface area (Å²) < 4.78 is 10.9. The number of carbonyl (C=O) groups is 1. The minimum atomic E-state index is 0.149. The van der Waals surface area contributed by atoms with E-state index in [-0.39, 0.29) is 17.5 Å². The first-order chi connectivity index (χ1) is 11.7. The zero-order valence-corrected chi connectivity index (χ0v) is 15.0. The Morgan fingerprint density at radius 2 is 2.08 bits per heavy atom. The van der Waals surface area contributed by atoms with Crippen LogP contribution in [0.25, 0.3) is 0 Å². The van der Waals surface area contributed by atoms with Crippen molar-refractivity contribution in [3.8, 4) is 0 Å². The average molecular weight is 339 g/mol. The van der Waals surface area contributed by atoms with Crippen LogP contribution >= 0.6 is 0 Å². The van der Waals surface area contributed by atoms with Gasteiger partial charge in [0.1, 0.15) is 0 Å². The van der Waals surface area contributed by atoms with Crippen molar-refractivity contribution in [3.05, 3.63) is 0 Å². The molecule has 2 heterocycles. The molecule has 0 spiro atoms. The third kappa shape index (κ3) is 4.48. The summed E-state index contributed by atoms with van der Waals surface area (Å²) in [7, 11) is 1.81. The van der Waals surface area contributed by atoms with E-state index in [4.69, 9.17) is 9.47 Å². The molecular formula is C18H33N3O3. The molecule has 2 N–H and O–H groups in total. The first kappa shape index (κ1) is 18.1. The van der Waals surface area contributed by atoms with Gasteiger partial charge in [-0.25, -0.2) is 0 Å². The highest BCUT2D eigenvalue weighted by Gasteiger charge is 2.41. The smallest absolute Gasteiger partial charge is 0.221 e. The molecule has 3 aliphatic rings. The summed E-state index contributed by atoms with van der Waals surface area (Å²) in [6, 6.07) is 0.163. The Bertz CT molecular complexity index is 398. The van der Waals surface area contributed by atoms with Crippen LogP contribution in [0.15, 0.2) is 0 Å². The predicted molar refractivity (Wildman–Crippen MR) is 93.0 cm³/mol. The molecule has 1 amide bonds. The molecule has 0 aromatic heterocycles. The topological polar surface area (TPSA) is 62.8 Å². The van der Waals surface area contributed by atoms with Gasteiger partial charge in [0.25, 0.3) is 0 Å². The Morgan fingerprint density at radius 1 is 1.33 bits per heavy atom. The lowest BCUT2D eigenvalue weighted by Crippen LogP contribution is -2.57. The predicted octanol–water partition coefficient (Wildman–Crippen LogP) is 0.905. The van der Waals surface area contributed by atoms with E-state index in [1.165, 1.54) is 25.7 Å². The van der Waals surface area contributed by atoms with E-state index >= 15 is 0 Å². The van der Waals surface area contributed by atoms with Gasteiger partial charge in [0.05, 0.1) is 19.3 Å². The van der Waals surface area contributed by atoms with Crippen molar-refractivity contribution < 1.29 is 14.3 Å². The number of nitrogens with zero attached hydrogens (tertiary/aromatic N) is 1. The Kier molecular flexibility index (Phi) is 6.49. The summed E-state index contributed by atoms with van der Waals surface area (Å²) in [5.41, 5.74) is 0.171. The maximum atomic E-state index is 12.3. The first-order valence-electron chi connectivity index (χ1n) is 9.57. The summed E-state index contributed by atoms with van der Waals surface area (Å²) >= 11 is 0. The minimum Gasteiger partial charge on any atom is -0.381 e. The van der Waals surface area contributed by atoms with Crippen LogP contribution in [0.3, 0.4) is 0 Å². The fraction of sp³-hybridized carbons (Fsp3) is 0.944. The normalized spacial score (nSPS) is 28.8. The third-order valence-electron chi connectivity index (χ3n) is 6.03. The molecule has 1 saturated carbocycles. The van der Waals surface area contributed by atoms with Gasteiger partial charge in [0.15, 0.2) is 0 Å². The second kappa shape index (κ2) is 8.61. The van der Waals surface area contributed by atoms with Crippen molar-refractivity contribution in [1.82, 2.24) is 15.5 Å². The summed E-state index contributed by atoms with van der Waals surface area (Å²) in [5.74, 6) is 0.149. The van der Waals surface area contributed by atoms with E-state index in [9.17, 15) is 4.79 Å². The van der Waals surface area contributed by atoms with Crippen LogP contribution in [0.5, 0.6) is 0 Å². The fourth-order valence-electron chi connectivity index (χ4n) is 4.51. The van der Waals surface area contributed by atoms with E-state index in [2.05, 4.69) is 15.5 Å². The molecule has 2 aliphatic heterocycles. The number of methoxy groups -OCH3 is 1. The fourth-order valence-corrected chi connectivity index (χ4v) is 4.51. The number of piperidine rings is 1. The molecule has 6 nitrogen and oxygen atoms in total. The van der Waals surface area contributed by atoms with Gasteiger partial charge in [-0.05, 0) is 25.7 Å². The van der Waals surface area contributed by atoms with E-state index in [1.807, 2.05) is 7.11 Å². The number of amides is 1. The number of hydrogen-bond acceptors (Lipinski definition) is 5. The zero-order valence-electron chi connectivity index (χ0n) is 15.0. The van der Waals surface area contributed by atoms with Crippen molar-refractivity contribution in [2.24, 2.45) is 0 Å². The lowest BCUT2D eigenvalue weighted by atomic mass is 9.91. The van der Waals surface area contributed by atoms with Crippen molar-refractivity contribution in [2.75, 3.05) is 46.5 Å². The van der Waals surface area contributed by atoms with Gasteiger partial charge >= 0.3 is 0 Å². The van der Waals surface area contributed by atoms with Crippen molar-refractivity contribution in [2.45, 2.75) is 62.6 Å². The van der Waals surface area contributed by atoms with Gasteiger partial charge < -0.3 is 20.1 Å². The highest BCUT2D eigenvalue weighted by molar-refractivity contribution is 5.76. The van der Waals surface area contributed by atoms with Crippen molar-refractivity contribution >= 4 is 5.91 Å². The van der Waals surface area contributed by atoms with Crippen LogP contribution in [0.1, 0.15) is 44.9 Å². The van der Waals surface area contributed by atoms with Gasteiger partial charge in [-0.15, -0.1) is 0 Å². The number of morpholine rings is 1. The van der Waals surface area contributed by atoms with Crippen LogP contribution in [-0.2, 0) is 14.3 Å². The monoisotopic (exact) mass is 339 g/mol. The van der Waals surface area contributed by atoms with Crippen LogP contribution in [-0.4, -0.2) is 75.0 Å². The molecule has 0 bridgehead atoms. The van der Waals surface area contributed by atoms with Gasteiger partial charge in [0.2, 0.25) is 5.91 Å². The zero-order chi connectivity index (χ0) is 16.8. The number of rotatable bonds is 6. The number of ether oxygens (including phenoxy) is 2. The Balaban J connectivity index is 1.49. The van der Waals surface area contributed by atoms with Crippen LogP contribution < -0.4 is 10.6 Å². The third-order valence-corrected chi connectivity index (χ3v) is 6.03. The second-order valence-electron chi connectivity index (χ2n) is 7.56. The van der Waals surface area contributed by atoms with Crippen LogP contribution in [0.2, 0.25) is 0 Å². The number of likely N-dealkylation sites (tertiary alicyclic amines) is 1. The summed E-state index contributed by atoms with van der Waals surface area (Å²) in [6.07, 6.45) is 8.10. The molecule has 0 radical (unpaired) electrons. The van der Waals surface area contributed by atoms with Crippen molar-refractivity contribution in [3.63, 3.8) is 0 Å². The molecule has 3 fully saturated rings. The van der Waals surface area contributed by atoms with Gasteiger partial charge in [-0.3, -0.25) is 9.69 Å². The molecule has 1 atom stereocenters. The van der Waals surface area contributed by atoms with Crippen molar-refractivity contribution in [1.29, 1.82) is 0 Å². The molecular weight excluding hydrogens is 306 g/mol. The molecule has 0 aromatic rings. The van der Waals surface area contributed by atoms with Crippen LogP contribution in [0.4, 0.5) is 0 Å². The highest BCUT2D eigenvalue weighted by Crippen LogP contribution is 2.36. The molecule has 2 saturated heterocycles. The van der Waals surface area contributed by atoms with E-state index in [0.717, 1.165) is 45.6 Å². The maximum absolute atomic E-state index is 12.3. The molecule has 138 valence electrons. The summed E-state index contributed by atoms with van der Waals surface area (Å²) in [4.78, 5) is 15.0. The minimum absolute atomic E-state index is 0.149. The molecule has 3 rings (SSSR count). The maximum Gasteiger partial charge on any atom is 0.221 e. The summed E-state index contributed by atoms with van der Waals surface area (Å²) in [6.45, 7) is 5.20. The highest BCUT2D eigenvalue weighted by atomic mass is 16.5. The standard InChI is InChI=1S/C18H33N3O3/c1-23-16-4-9-21(10-5-16)18(6-2-3-7-18)14-20-17(22)12-15-13-24-11-8-19-15/h15-16,19H,2-14H2,1H3,(H,20,22). The number of carbonyl (C=O) groups excluding carboxylic acids is 1.